The molecule has 0 spiro atoms. The van der Waals surface area contributed by atoms with Crippen molar-refractivity contribution in [3.05, 3.63) is 18.0 Å². The summed E-state index contributed by atoms with van der Waals surface area (Å²) in [5.41, 5.74) is 1.05. The molecule has 1 aromatic heterocycles. The maximum atomic E-state index is 11.9. The average molecular weight is 292 g/mol. The SMILES string of the molecule is CCCCCCCCCCCC(=O)Cc1cnn(CC)c1. The molecule has 0 saturated heterocycles. The highest BCUT2D eigenvalue weighted by molar-refractivity contribution is 5.80. The molecule has 0 amide bonds. The van der Waals surface area contributed by atoms with Crippen LogP contribution >= 0.6 is 0 Å². The Labute approximate surface area is 130 Å². The third-order valence-electron chi connectivity index (χ3n) is 3.97. The van der Waals surface area contributed by atoms with E-state index in [9.17, 15) is 4.79 Å². The number of Topliss-reactive ketones (excluding diaryl/α,β-unsaturated/α-hetero) is 1. The van der Waals surface area contributed by atoms with Crippen LogP contribution in [0.2, 0.25) is 0 Å². The van der Waals surface area contributed by atoms with E-state index < -0.39 is 0 Å². The Balaban J connectivity index is 1.96. The number of unbranched alkanes of at least 4 members (excludes halogenated alkanes) is 8. The van der Waals surface area contributed by atoms with Crippen molar-refractivity contribution in [2.75, 3.05) is 0 Å². The zero-order valence-electron chi connectivity index (χ0n) is 13.9. The van der Waals surface area contributed by atoms with Gasteiger partial charge in [0.05, 0.1) is 6.20 Å². The van der Waals surface area contributed by atoms with Crippen LogP contribution in [-0.4, -0.2) is 15.6 Å². The highest BCUT2D eigenvalue weighted by Gasteiger charge is 2.05. The van der Waals surface area contributed by atoms with Crippen LogP contribution in [0.25, 0.3) is 0 Å². The van der Waals surface area contributed by atoms with Crippen LogP contribution in [0.4, 0.5) is 0 Å². The largest absolute Gasteiger partial charge is 0.299 e. The van der Waals surface area contributed by atoms with Gasteiger partial charge in [0.1, 0.15) is 5.78 Å². The molecule has 0 aliphatic carbocycles. The smallest absolute Gasteiger partial charge is 0.137 e. The quantitative estimate of drug-likeness (QED) is 0.483. The number of hydrogen-bond donors (Lipinski definition) is 0. The minimum absolute atomic E-state index is 0.355. The van der Waals surface area contributed by atoms with Crippen LogP contribution in [0, 0.1) is 0 Å². The van der Waals surface area contributed by atoms with Crippen molar-refractivity contribution in [2.24, 2.45) is 0 Å². The predicted molar refractivity (Wildman–Crippen MR) is 88.5 cm³/mol. The Kier molecular flexibility index (Phi) is 9.84. The Morgan fingerprint density at radius 2 is 1.62 bits per heavy atom. The third-order valence-corrected chi connectivity index (χ3v) is 3.97. The fraction of sp³-hybridized carbons (Fsp3) is 0.778. The number of ketones is 1. The van der Waals surface area contributed by atoms with Crippen molar-refractivity contribution < 1.29 is 4.79 Å². The Morgan fingerprint density at radius 1 is 1.00 bits per heavy atom. The molecule has 1 heterocycles. The molecule has 0 saturated carbocycles. The first-order chi connectivity index (χ1) is 10.3. The predicted octanol–water partition coefficient (Wildman–Crippen LogP) is 4.94. The molecule has 0 aliphatic rings. The molecule has 3 heteroatoms. The number of rotatable bonds is 13. The van der Waals surface area contributed by atoms with Crippen LogP contribution in [0.1, 0.15) is 83.6 Å². The number of aryl methyl sites for hydroxylation is 1. The Morgan fingerprint density at radius 3 is 2.19 bits per heavy atom. The van der Waals surface area contributed by atoms with Gasteiger partial charge in [0.2, 0.25) is 0 Å². The van der Waals surface area contributed by atoms with Crippen molar-refractivity contribution in [1.82, 2.24) is 9.78 Å². The van der Waals surface area contributed by atoms with E-state index in [2.05, 4.69) is 18.9 Å². The molecule has 0 aliphatic heterocycles. The summed E-state index contributed by atoms with van der Waals surface area (Å²) in [5, 5.41) is 4.20. The minimum Gasteiger partial charge on any atom is -0.299 e. The van der Waals surface area contributed by atoms with Gasteiger partial charge < -0.3 is 0 Å². The van der Waals surface area contributed by atoms with E-state index in [4.69, 9.17) is 0 Å². The van der Waals surface area contributed by atoms with Gasteiger partial charge in [0.25, 0.3) is 0 Å². The second-order valence-electron chi connectivity index (χ2n) is 6.00. The van der Waals surface area contributed by atoms with Crippen LogP contribution in [0.15, 0.2) is 12.4 Å². The summed E-state index contributed by atoms with van der Waals surface area (Å²) in [6, 6.07) is 0. The van der Waals surface area contributed by atoms with Crippen LogP contribution < -0.4 is 0 Å². The average Bonchev–Trinajstić information content (AvgIpc) is 2.93. The molecule has 0 aromatic carbocycles. The van der Waals surface area contributed by atoms with Crippen LogP contribution in [0.3, 0.4) is 0 Å². The van der Waals surface area contributed by atoms with E-state index >= 15 is 0 Å². The Bertz CT molecular complexity index is 384. The van der Waals surface area contributed by atoms with Gasteiger partial charge in [-0.2, -0.15) is 5.10 Å². The second-order valence-corrected chi connectivity index (χ2v) is 6.00. The van der Waals surface area contributed by atoms with Crippen LogP contribution in [0.5, 0.6) is 0 Å². The highest BCUT2D eigenvalue weighted by atomic mass is 16.1. The topological polar surface area (TPSA) is 34.9 Å². The lowest BCUT2D eigenvalue weighted by Gasteiger charge is -2.02. The van der Waals surface area contributed by atoms with Crippen molar-refractivity contribution in [3.8, 4) is 0 Å². The summed E-state index contributed by atoms with van der Waals surface area (Å²) >= 11 is 0. The zero-order valence-corrected chi connectivity index (χ0v) is 13.9. The molecule has 1 rings (SSSR count). The number of aromatic nitrogens is 2. The number of carbonyl (C=O) groups excluding carboxylic acids is 1. The number of carbonyl (C=O) groups is 1. The van der Waals surface area contributed by atoms with Gasteiger partial charge in [-0.1, -0.05) is 58.3 Å². The monoisotopic (exact) mass is 292 g/mol. The van der Waals surface area contributed by atoms with Crippen molar-refractivity contribution in [1.29, 1.82) is 0 Å². The first-order valence-corrected chi connectivity index (χ1v) is 8.79. The molecular formula is C18H32N2O. The van der Waals surface area contributed by atoms with Crippen molar-refractivity contribution in [3.63, 3.8) is 0 Å². The minimum atomic E-state index is 0.355. The second kappa shape index (κ2) is 11.5. The fourth-order valence-electron chi connectivity index (χ4n) is 2.62. The summed E-state index contributed by atoms with van der Waals surface area (Å²) in [7, 11) is 0. The van der Waals surface area contributed by atoms with Gasteiger partial charge >= 0.3 is 0 Å². The van der Waals surface area contributed by atoms with Gasteiger partial charge in [-0.15, -0.1) is 0 Å². The summed E-state index contributed by atoms with van der Waals surface area (Å²) < 4.78 is 1.88. The van der Waals surface area contributed by atoms with E-state index in [1.165, 1.54) is 51.4 Å². The molecule has 0 radical (unpaired) electrons. The van der Waals surface area contributed by atoms with E-state index in [0.717, 1.165) is 24.9 Å². The molecule has 0 unspecified atom stereocenters. The molecule has 0 N–H and O–H groups in total. The van der Waals surface area contributed by atoms with E-state index in [1.54, 1.807) is 0 Å². The maximum absolute atomic E-state index is 11.9. The lowest BCUT2D eigenvalue weighted by Crippen LogP contribution is -2.02. The van der Waals surface area contributed by atoms with Gasteiger partial charge in [-0.3, -0.25) is 9.48 Å². The maximum Gasteiger partial charge on any atom is 0.137 e. The summed E-state index contributed by atoms with van der Waals surface area (Å²) in [5.74, 6) is 0.355. The number of nitrogens with zero attached hydrogens (tertiary/aromatic N) is 2. The molecule has 0 fully saturated rings. The first-order valence-electron chi connectivity index (χ1n) is 8.79. The first kappa shape index (κ1) is 17.9. The number of hydrogen-bond acceptors (Lipinski definition) is 2. The summed E-state index contributed by atoms with van der Waals surface area (Å²) in [6.07, 6.45) is 16.8. The van der Waals surface area contributed by atoms with Crippen molar-refractivity contribution >= 4 is 5.78 Å². The zero-order chi connectivity index (χ0) is 15.3. The lowest BCUT2D eigenvalue weighted by molar-refractivity contribution is -0.118. The summed E-state index contributed by atoms with van der Waals surface area (Å²) in [4.78, 5) is 11.9. The summed E-state index contributed by atoms with van der Waals surface area (Å²) in [6.45, 7) is 5.18. The van der Waals surface area contributed by atoms with Gasteiger partial charge in [-0.05, 0) is 18.9 Å². The van der Waals surface area contributed by atoms with E-state index in [0.29, 0.717) is 12.2 Å². The highest BCUT2D eigenvalue weighted by Crippen LogP contribution is 2.11. The molecule has 0 bridgehead atoms. The Hall–Kier alpha value is -1.12. The fourth-order valence-corrected chi connectivity index (χ4v) is 2.62. The van der Waals surface area contributed by atoms with Crippen LogP contribution in [-0.2, 0) is 17.8 Å². The van der Waals surface area contributed by atoms with Gasteiger partial charge in [-0.25, -0.2) is 0 Å². The van der Waals surface area contributed by atoms with E-state index in [1.807, 2.05) is 17.1 Å². The normalized spacial score (nSPS) is 11.0. The molecular weight excluding hydrogens is 260 g/mol. The standard InChI is InChI=1S/C18H32N2O/c1-3-5-6-7-8-9-10-11-12-13-18(21)14-17-15-19-20(4-2)16-17/h15-16H,3-14H2,1-2H3. The molecule has 3 nitrogen and oxygen atoms in total. The molecule has 1 aromatic rings. The van der Waals surface area contributed by atoms with Gasteiger partial charge in [0.15, 0.2) is 0 Å². The molecule has 0 atom stereocenters. The molecule has 120 valence electrons. The lowest BCUT2D eigenvalue weighted by atomic mass is 10.0. The van der Waals surface area contributed by atoms with Gasteiger partial charge in [0, 0.05) is 25.6 Å². The third kappa shape index (κ3) is 8.69. The molecule has 21 heavy (non-hydrogen) atoms. The van der Waals surface area contributed by atoms with Crippen molar-refractivity contribution in [2.45, 2.75) is 91.0 Å². The van der Waals surface area contributed by atoms with E-state index in [-0.39, 0.29) is 0 Å².